The van der Waals surface area contributed by atoms with E-state index in [1.54, 1.807) is 26.6 Å². The number of amides is 2. The van der Waals surface area contributed by atoms with E-state index >= 15 is 0 Å². The molecule has 0 spiro atoms. The first-order valence-electron chi connectivity index (χ1n) is 16.2. The van der Waals surface area contributed by atoms with Gasteiger partial charge in [-0.3, -0.25) is 24.5 Å². The Bertz CT molecular complexity index is 1890. The fourth-order valence-electron chi connectivity index (χ4n) is 6.86. The van der Waals surface area contributed by atoms with E-state index in [2.05, 4.69) is 25.8 Å². The number of halogens is 2. The van der Waals surface area contributed by atoms with Gasteiger partial charge < -0.3 is 25.4 Å². The Labute approximate surface area is 294 Å². The normalized spacial score (nSPS) is 20.3. The van der Waals surface area contributed by atoms with Crippen molar-refractivity contribution in [1.29, 1.82) is 0 Å². The summed E-state index contributed by atoms with van der Waals surface area (Å²) in [5.41, 5.74) is 5.31. The first-order valence-corrected chi connectivity index (χ1v) is 17.0. The van der Waals surface area contributed by atoms with Crippen LogP contribution in [-0.2, 0) is 22.7 Å². The number of ether oxygens (including phenoxy) is 2. The molecule has 49 heavy (non-hydrogen) atoms. The second-order valence-electron chi connectivity index (χ2n) is 12.5. The highest BCUT2D eigenvalue weighted by Crippen LogP contribution is 2.42. The maximum Gasteiger partial charge on any atom is 0.237 e. The monoisotopic (exact) mass is 702 g/mol. The lowest BCUT2D eigenvalue weighted by Crippen LogP contribution is -2.35. The van der Waals surface area contributed by atoms with Gasteiger partial charge >= 0.3 is 0 Å². The van der Waals surface area contributed by atoms with Crippen LogP contribution in [0.2, 0.25) is 10.0 Å². The first-order chi connectivity index (χ1) is 23.8. The van der Waals surface area contributed by atoms with Crippen LogP contribution in [0.1, 0.15) is 30.7 Å². The average molecular weight is 704 g/mol. The summed E-state index contributed by atoms with van der Waals surface area (Å²) in [6.07, 6.45) is 5.32. The Balaban J connectivity index is 1.10. The summed E-state index contributed by atoms with van der Waals surface area (Å²) in [6, 6.07) is 11.7. The van der Waals surface area contributed by atoms with Crippen molar-refractivity contribution in [2.75, 3.05) is 33.9 Å². The quantitative estimate of drug-likeness (QED) is 0.207. The van der Waals surface area contributed by atoms with Crippen LogP contribution in [0, 0.1) is 5.92 Å². The van der Waals surface area contributed by atoms with Gasteiger partial charge in [0.2, 0.25) is 23.6 Å². The number of methoxy groups -OCH3 is 2. The van der Waals surface area contributed by atoms with Crippen molar-refractivity contribution in [3.05, 3.63) is 70.2 Å². The van der Waals surface area contributed by atoms with Crippen molar-refractivity contribution >= 4 is 35.0 Å². The maximum absolute atomic E-state index is 11.7. The number of likely N-dealkylation sites (tertiary alicyclic amines) is 1. The molecular weight excluding hydrogens is 667 g/mol. The number of hydrogen-bond donors (Lipinski definition) is 3. The molecule has 0 saturated carbocycles. The van der Waals surface area contributed by atoms with Crippen molar-refractivity contribution < 1.29 is 19.1 Å². The number of hydrogen-bond acceptors (Lipinski definition) is 10. The topological polar surface area (TPSA) is 143 Å². The van der Waals surface area contributed by atoms with Crippen molar-refractivity contribution in [2.45, 2.75) is 44.4 Å². The molecule has 7 rings (SSSR count). The fraction of sp³-hybridized carbons (Fsp3) is 0.371. The first kappa shape index (κ1) is 33.2. The molecule has 3 fully saturated rings. The van der Waals surface area contributed by atoms with Crippen LogP contribution in [0.15, 0.2) is 48.8 Å². The molecule has 5 heterocycles. The van der Waals surface area contributed by atoms with Crippen LogP contribution in [0.5, 0.6) is 11.8 Å². The third-order valence-electron chi connectivity index (χ3n) is 9.30. The van der Waals surface area contributed by atoms with Crippen LogP contribution in [0.3, 0.4) is 0 Å². The van der Waals surface area contributed by atoms with E-state index in [1.165, 1.54) is 0 Å². The minimum absolute atomic E-state index is 0.0815. The Morgan fingerprint density at radius 3 is 2.04 bits per heavy atom. The molecule has 12 nitrogen and oxygen atoms in total. The Morgan fingerprint density at radius 1 is 0.837 bits per heavy atom. The zero-order valence-electron chi connectivity index (χ0n) is 27.1. The molecule has 14 heteroatoms. The molecule has 0 radical (unpaired) electrons. The molecule has 3 aliphatic heterocycles. The summed E-state index contributed by atoms with van der Waals surface area (Å²) in [5.74, 6) is 1.35. The van der Waals surface area contributed by atoms with E-state index in [4.69, 9.17) is 47.6 Å². The van der Waals surface area contributed by atoms with Crippen molar-refractivity contribution in [2.24, 2.45) is 5.92 Å². The predicted octanol–water partition coefficient (Wildman–Crippen LogP) is 4.28. The van der Waals surface area contributed by atoms with Crippen LogP contribution >= 0.6 is 23.2 Å². The van der Waals surface area contributed by atoms with Gasteiger partial charge in [0.15, 0.2) is 0 Å². The molecule has 0 aliphatic carbocycles. The third kappa shape index (κ3) is 6.91. The van der Waals surface area contributed by atoms with Gasteiger partial charge in [0.05, 0.1) is 48.0 Å². The molecule has 3 atom stereocenters. The summed E-state index contributed by atoms with van der Waals surface area (Å²) in [4.78, 5) is 44.4. The number of fused-ring (bicyclic) bond motifs is 1. The molecule has 4 aromatic rings. The van der Waals surface area contributed by atoms with E-state index in [0.717, 1.165) is 36.3 Å². The summed E-state index contributed by atoms with van der Waals surface area (Å²) in [7, 11) is 3.14. The van der Waals surface area contributed by atoms with Gasteiger partial charge in [0, 0.05) is 85.8 Å². The molecule has 3 saturated heterocycles. The molecule has 2 amide bonds. The minimum Gasteiger partial charge on any atom is -0.480 e. The van der Waals surface area contributed by atoms with Crippen LogP contribution in [0.4, 0.5) is 0 Å². The van der Waals surface area contributed by atoms with Crippen molar-refractivity contribution in [1.82, 2.24) is 40.8 Å². The number of aromatic nitrogens is 4. The lowest BCUT2D eigenvalue weighted by molar-refractivity contribution is -0.120. The fourth-order valence-corrected chi connectivity index (χ4v) is 7.51. The summed E-state index contributed by atoms with van der Waals surface area (Å²) in [6.45, 7) is 3.24. The molecule has 3 N–H and O–H groups in total. The second-order valence-corrected chi connectivity index (χ2v) is 13.3. The van der Waals surface area contributed by atoms with E-state index in [-0.39, 0.29) is 23.9 Å². The summed E-state index contributed by atoms with van der Waals surface area (Å²) < 4.78 is 11.2. The average Bonchev–Trinajstić information content (AvgIpc) is 3.79. The number of carbonyl (C=O) groups excluding carboxylic acids is 2. The van der Waals surface area contributed by atoms with Gasteiger partial charge in [-0.15, -0.1) is 0 Å². The molecular formula is C35H36Cl2N8O4. The van der Waals surface area contributed by atoms with Crippen LogP contribution in [-0.4, -0.2) is 82.6 Å². The predicted molar refractivity (Wildman–Crippen MR) is 185 cm³/mol. The van der Waals surface area contributed by atoms with Crippen molar-refractivity contribution in [3.8, 4) is 45.4 Å². The molecule has 3 aliphatic rings. The van der Waals surface area contributed by atoms with E-state index in [9.17, 15) is 9.59 Å². The molecule has 2 aromatic heterocycles. The van der Waals surface area contributed by atoms with Crippen molar-refractivity contribution in [3.63, 3.8) is 0 Å². The Kier molecular flexibility index (Phi) is 9.64. The zero-order valence-corrected chi connectivity index (χ0v) is 28.6. The second kappa shape index (κ2) is 14.2. The number of rotatable bonds is 11. The van der Waals surface area contributed by atoms with Gasteiger partial charge in [0.1, 0.15) is 11.4 Å². The Morgan fingerprint density at radius 2 is 1.45 bits per heavy atom. The number of nitrogens with one attached hydrogen (secondary N) is 3. The van der Waals surface area contributed by atoms with Gasteiger partial charge in [-0.2, -0.15) is 0 Å². The van der Waals surface area contributed by atoms with Gasteiger partial charge in [0.25, 0.3) is 0 Å². The molecule has 2 aromatic carbocycles. The highest BCUT2D eigenvalue weighted by Gasteiger charge is 2.40. The van der Waals surface area contributed by atoms with Crippen LogP contribution < -0.4 is 25.4 Å². The molecule has 254 valence electrons. The highest BCUT2D eigenvalue weighted by molar-refractivity contribution is 6.39. The van der Waals surface area contributed by atoms with E-state index < -0.39 is 0 Å². The lowest BCUT2D eigenvalue weighted by atomic mass is 9.98. The largest absolute Gasteiger partial charge is 0.480 e. The third-order valence-corrected chi connectivity index (χ3v) is 10.1. The smallest absolute Gasteiger partial charge is 0.237 e. The highest BCUT2D eigenvalue weighted by atomic mass is 35.5. The summed E-state index contributed by atoms with van der Waals surface area (Å²) in [5, 5.41) is 10.3. The minimum atomic E-state index is 0.0815. The lowest BCUT2D eigenvalue weighted by Gasteiger charge is -2.18. The maximum atomic E-state index is 11.7. The number of nitrogens with zero attached hydrogens (tertiary/aromatic N) is 5. The zero-order chi connectivity index (χ0) is 34.1. The number of carbonyl (C=O) groups is 2. The van der Waals surface area contributed by atoms with Gasteiger partial charge in [-0.05, 0) is 6.42 Å². The molecule has 0 unspecified atom stereocenters. The van der Waals surface area contributed by atoms with E-state index in [0.29, 0.717) is 88.4 Å². The summed E-state index contributed by atoms with van der Waals surface area (Å²) >= 11 is 14.1. The number of benzene rings is 2. The SMILES string of the molecule is COc1nc(-c2cccc(-c3cccc(-c4cnc(CN5C[C@H]6CC(=O)N[C@H]6C5)c(OC)n4)c3Cl)c2Cl)cnc1CNC[C@@H]1CCC(=O)N1. The van der Waals surface area contributed by atoms with Crippen LogP contribution in [0.25, 0.3) is 33.6 Å². The Hall–Kier alpha value is -4.36. The van der Waals surface area contributed by atoms with Gasteiger partial charge in [-0.1, -0.05) is 59.6 Å². The van der Waals surface area contributed by atoms with E-state index in [1.807, 2.05) is 36.4 Å². The molecule has 0 bridgehead atoms. The van der Waals surface area contributed by atoms with Gasteiger partial charge in [-0.25, -0.2) is 9.97 Å². The standard InChI is InChI=1S/C35H36Cl2N8O4/c1-48-34-27(13-38-12-20-9-10-30(46)41-20)39-14-25(43-34)23-7-3-5-21(32(23)36)22-6-4-8-24(33(22)37)26-15-40-29(35(44-26)49-2)18-45-16-19-11-31(47)42-28(19)17-45/h3-8,14-15,19-20,28,38H,9-13,16-18H2,1-2H3,(H,41,46)(H,42,47)/t19-,20+,28+/m1/s1.